The first-order valence-electron chi connectivity index (χ1n) is 7.69. The zero-order chi connectivity index (χ0) is 17.9. The number of rotatable bonds is 6. The van der Waals surface area contributed by atoms with Crippen molar-refractivity contribution in [1.82, 2.24) is 5.32 Å². The van der Waals surface area contributed by atoms with E-state index in [4.69, 9.17) is 14.6 Å². The Bertz CT molecular complexity index is 878. The first-order valence-corrected chi connectivity index (χ1v) is 9.23. The van der Waals surface area contributed by atoms with Crippen molar-refractivity contribution in [3.05, 3.63) is 53.6 Å². The Labute approximate surface area is 145 Å². The molecular formula is C17H18N2O5S. The van der Waals surface area contributed by atoms with Gasteiger partial charge in [-0.15, -0.1) is 0 Å². The number of ether oxygens (including phenoxy) is 2. The van der Waals surface area contributed by atoms with Crippen LogP contribution in [0.1, 0.15) is 17.5 Å². The molecule has 0 unspecified atom stereocenters. The third kappa shape index (κ3) is 4.49. The first-order chi connectivity index (χ1) is 11.9. The van der Waals surface area contributed by atoms with Crippen LogP contribution in [0, 0.1) is 0 Å². The van der Waals surface area contributed by atoms with Crippen LogP contribution < -0.4 is 19.9 Å². The van der Waals surface area contributed by atoms with Crippen LogP contribution in [0.15, 0.2) is 47.4 Å². The Kier molecular flexibility index (Phi) is 4.91. The molecule has 7 nitrogen and oxygen atoms in total. The second-order valence-electron chi connectivity index (χ2n) is 5.65. The molecule has 25 heavy (non-hydrogen) atoms. The number of nitrogens with two attached hydrogens (primary N) is 1. The van der Waals surface area contributed by atoms with Gasteiger partial charge in [0.05, 0.1) is 4.90 Å². The number of benzene rings is 2. The molecule has 1 aliphatic rings. The van der Waals surface area contributed by atoms with Crippen molar-refractivity contribution in [2.75, 3.05) is 6.79 Å². The van der Waals surface area contributed by atoms with Gasteiger partial charge in [-0.05, 0) is 41.8 Å². The number of aryl methyl sites for hydroxylation is 1. The monoisotopic (exact) mass is 362 g/mol. The van der Waals surface area contributed by atoms with E-state index in [1.54, 1.807) is 12.1 Å². The van der Waals surface area contributed by atoms with Gasteiger partial charge >= 0.3 is 0 Å². The molecule has 1 heterocycles. The fourth-order valence-electron chi connectivity index (χ4n) is 2.44. The van der Waals surface area contributed by atoms with Gasteiger partial charge in [0.1, 0.15) is 0 Å². The normalized spacial score (nSPS) is 12.8. The molecule has 1 aliphatic heterocycles. The largest absolute Gasteiger partial charge is 0.454 e. The summed E-state index contributed by atoms with van der Waals surface area (Å²) in [5, 5.41) is 7.85. The Balaban J connectivity index is 1.48. The molecule has 132 valence electrons. The second-order valence-corrected chi connectivity index (χ2v) is 7.21. The minimum absolute atomic E-state index is 0.0467. The van der Waals surface area contributed by atoms with Crippen LogP contribution in [0.25, 0.3) is 0 Å². The zero-order valence-electron chi connectivity index (χ0n) is 13.4. The molecule has 0 aliphatic carbocycles. The number of nitrogens with one attached hydrogen (secondary N) is 1. The number of hydrogen-bond acceptors (Lipinski definition) is 5. The summed E-state index contributed by atoms with van der Waals surface area (Å²) < 4.78 is 32.9. The summed E-state index contributed by atoms with van der Waals surface area (Å²) in [5.74, 6) is 1.33. The van der Waals surface area contributed by atoms with Gasteiger partial charge in [0, 0.05) is 13.0 Å². The van der Waals surface area contributed by atoms with Crippen molar-refractivity contribution in [2.45, 2.75) is 24.3 Å². The van der Waals surface area contributed by atoms with Crippen molar-refractivity contribution in [1.29, 1.82) is 0 Å². The number of amides is 1. The summed E-state index contributed by atoms with van der Waals surface area (Å²) in [4.78, 5) is 12.0. The molecular weight excluding hydrogens is 344 g/mol. The summed E-state index contributed by atoms with van der Waals surface area (Å²) in [6.07, 6.45) is 0.932. The molecule has 0 spiro atoms. The molecule has 0 fully saturated rings. The van der Waals surface area contributed by atoms with Crippen LogP contribution >= 0.6 is 0 Å². The third-order valence-electron chi connectivity index (χ3n) is 3.82. The van der Waals surface area contributed by atoms with Gasteiger partial charge in [-0.2, -0.15) is 0 Å². The summed E-state index contributed by atoms with van der Waals surface area (Å²) in [6, 6.07) is 11.7. The highest BCUT2D eigenvalue weighted by molar-refractivity contribution is 7.89. The van der Waals surface area contributed by atoms with Crippen molar-refractivity contribution < 1.29 is 22.7 Å². The molecule has 2 aromatic carbocycles. The molecule has 8 heteroatoms. The highest BCUT2D eigenvalue weighted by Gasteiger charge is 2.13. The number of hydrogen-bond donors (Lipinski definition) is 2. The molecule has 0 saturated carbocycles. The van der Waals surface area contributed by atoms with Gasteiger partial charge < -0.3 is 14.8 Å². The molecule has 2 aromatic rings. The zero-order valence-corrected chi connectivity index (χ0v) is 14.2. The summed E-state index contributed by atoms with van der Waals surface area (Å²) in [5.41, 5.74) is 1.79. The topological polar surface area (TPSA) is 108 Å². The van der Waals surface area contributed by atoms with E-state index in [0.717, 1.165) is 16.9 Å². The lowest BCUT2D eigenvalue weighted by atomic mass is 10.1. The van der Waals surface area contributed by atoms with Crippen LogP contribution in [0.3, 0.4) is 0 Å². The maximum Gasteiger partial charge on any atom is 0.238 e. The third-order valence-corrected chi connectivity index (χ3v) is 4.75. The van der Waals surface area contributed by atoms with E-state index in [2.05, 4.69) is 5.32 Å². The fraction of sp³-hybridized carbons (Fsp3) is 0.235. The van der Waals surface area contributed by atoms with Gasteiger partial charge in [0.25, 0.3) is 0 Å². The average molecular weight is 362 g/mol. The summed E-state index contributed by atoms with van der Waals surface area (Å²) in [6.45, 7) is 0.550. The molecule has 0 saturated heterocycles. The molecule has 0 atom stereocenters. The lowest BCUT2D eigenvalue weighted by molar-refractivity contribution is -0.121. The molecule has 0 radical (unpaired) electrons. The maximum absolute atomic E-state index is 12.0. The molecule has 0 bridgehead atoms. The van der Waals surface area contributed by atoms with Gasteiger partial charge in [0.2, 0.25) is 22.7 Å². The van der Waals surface area contributed by atoms with E-state index in [-0.39, 0.29) is 17.6 Å². The Morgan fingerprint density at radius 2 is 1.72 bits per heavy atom. The van der Waals surface area contributed by atoms with E-state index < -0.39 is 10.0 Å². The average Bonchev–Trinajstić information content (AvgIpc) is 3.05. The number of primary sulfonamides is 1. The minimum Gasteiger partial charge on any atom is -0.454 e. The van der Waals surface area contributed by atoms with Crippen LogP contribution in [-0.2, 0) is 27.8 Å². The predicted octanol–water partition coefficient (Wildman–Crippen LogP) is 1.31. The van der Waals surface area contributed by atoms with E-state index in [1.165, 1.54) is 12.1 Å². The fourth-order valence-corrected chi connectivity index (χ4v) is 2.96. The number of carbonyl (C=O) groups is 1. The smallest absolute Gasteiger partial charge is 0.238 e. The predicted molar refractivity (Wildman–Crippen MR) is 90.5 cm³/mol. The SMILES string of the molecule is NS(=O)(=O)c1ccc(CNC(=O)CCc2ccc3c(c2)OCO3)cc1. The van der Waals surface area contributed by atoms with E-state index >= 15 is 0 Å². The van der Waals surface area contributed by atoms with Crippen molar-refractivity contribution in [3.8, 4) is 11.5 Å². The maximum atomic E-state index is 12.0. The standard InChI is InChI=1S/C17H18N2O5S/c18-25(21,22)14-5-1-13(2-6-14)10-19-17(20)8-4-12-3-7-15-16(9-12)24-11-23-15/h1-3,5-7,9H,4,8,10-11H2,(H,19,20)(H2,18,21,22). The van der Waals surface area contributed by atoms with Gasteiger partial charge in [0.15, 0.2) is 11.5 Å². The Morgan fingerprint density at radius 3 is 2.44 bits per heavy atom. The molecule has 1 amide bonds. The lowest BCUT2D eigenvalue weighted by Crippen LogP contribution is -2.23. The molecule has 3 rings (SSSR count). The molecule has 3 N–H and O–H groups in total. The minimum atomic E-state index is -3.70. The quantitative estimate of drug-likeness (QED) is 0.806. The lowest BCUT2D eigenvalue weighted by Gasteiger charge is -2.07. The molecule has 0 aromatic heterocycles. The van der Waals surface area contributed by atoms with Crippen LogP contribution in [-0.4, -0.2) is 21.1 Å². The Morgan fingerprint density at radius 1 is 1.04 bits per heavy atom. The van der Waals surface area contributed by atoms with Gasteiger partial charge in [-0.1, -0.05) is 18.2 Å². The summed E-state index contributed by atoms with van der Waals surface area (Å²) >= 11 is 0. The summed E-state index contributed by atoms with van der Waals surface area (Å²) in [7, 11) is -3.70. The number of carbonyl (C=O) groups excluding carboxylic acids is 1. The highest BCUT2D eigenvalue weighted by Crippen LogP contribution is 2.32. The highest BCUT2D eigenvalue weighted by atomic mass is 32.2. The van der Waals surface area contributed by atoms with Crippen molar-refractivity contribution >= 4 is 15.9 Å². The second kappa shape index (κ2) is 7.12. The first kappa shape index (κ1) is 17.2. The van der Waals surface area contributed by atoms with Crippen molar-refractivity contribution in [3.63, 3.8) is 0 Å². The van der Waals surface area contributed by atoms with E-state index in [0.29, 0.717) is 25.1 Å². The van der Waals surface area contributed by atoms with Crippen LogP contribution in [0.4, 0.5) is 0 Å². The Hall–Kier alpha value is -2.58. The van der Waals surface area contributed by atoms with E-state index in [1.807, 2.05) is 18.2 Å². The van der Waals surface area contributed by atoms with Gasteiger partial charge in [-0.3, -0.25) is 4.79 Å². The van der Waals surface area contributed by atoms with Crippen LogP contribution in [0.5, 0.6) is 11.5 Å². The van der Waals surface area contributed by atoms with Crippen molar-refractivity contribution in [2.24, 2.45) is 5.14 Å². The van der Waals surface area contributed by atoms with E-state index in [9.17, 15) is 13.2 Å². The number of sulfonamides is 1. The van der Waals surface area contributed by atoms with Crippen LogP contribution in [0.2, 0.25) is 0 Å². The number of fused-ring (bicyclic) bond motifs is 1. The van der Waals surface area contributed by atoms with Gasteiger partial charge in [-0.25, -0.2) is 13.6 Å².